The Bertz CT molecular complexity index is 351. The fourth-order valence-electron chi connectivity index (χ4n) is 2.05. The van der Waals surface area contributed by atoms with E-state index in [1.165, 1.54) is 5.56 Å². The molecule has 3 unspecified atom stereocenters. The van der Waals surface area contributed by atoms with Crippen molar-refractivity contribution in [3.05, 3.63) is 35.4 Å². The molecule has 1 aliphatic heterocycles. The molecule has 0 radical (unpaired) electrons. The second-order valence-electron chi connectivity index (χ2n) is 4.28. The molecular weight excluding hydrogens is 204 g/mol. The van der Waals surface area contributed by atoms with Gasteiger partial charge in [0.1, 0.15) is 12.2 Å². The molecule has 88 valence electrons. The highest BCUT2D eigenvalue weighted by Gasteiger charge is 2.31. The molecule has 1 aliphatic rings. The number of aryl methyl sites for hydroxylation is 1. The molecule has 1 saturated heterocycles. The van der Waals surface area contributed by atoms with E-state index in [-0.39, 0.29) is 24.9 Å². The van der Waals surface area contributed by atoms with E-state index in [4.69, 9.17) is 9.47 Å². The van der Waals surface area contributed by atoms with Gasteiger partial charge in [0.25, 0.3) is 0 Å². The first-order valence-corrected chi connectivity index (χ1v) is 5.66. The molecule has 0 bridgehead atoms. The number of aliphatic hydroxyl groups excluding tert-OH is 1. The Kier molecular flexibility index (Phi) is 3.59. The fourth-order valence-corrected chi connectivity index (χ4v) is 2.05. The van der Waals surface area contributed by atoms with Crippen LogP contribution in [0.15, 0.2) is 24.3 Å². The minimum atomic E-state index is -0.253. The van der Waals surface area contributed by atoms with Gasteiger partial charge in [-0.3, -0.25) is 0 Å². The van der Waals surface area contributed by atoms with Crippen molar-refractivity contribution in [3.8, 4) is 0 Å². The number of hydrogen-bond donors (Lipinski definition) is 1. The van der Waals surface area contributed by atoms with Crippen LogP contribution in [-0.4, -0.2) is 30.5 Å². The van der Waals surface area contributed by atoms with Crippen molar-refractivity contribution < 1.29 is 14.6 Å². The van der Waals surface area contributed by atoms with Crippen LogP contribution in [0, 0.1) is 6.92 Å². The van der Waals surface area contributed by atoms with Crippen LogP contribution in [0.1, 0.15) is 24.2 Å². The quantitative estimate of drug-likeness (QED) is 0.829. The molecule has 0 aromatic heterocycles. The summed E-state index contributed by atoms with van der Waals surface area (Å²) in [6.45, 7) is 4.57. The van der Waals surface area contributed by atoms with E-state index >= 15 is 0 Å². The van der Waals surface area contributed by atoms with E-state index in [9.17, 15) is 5.11 Å². The Hall–Kier alpha value is -0.900. The summed E-state index contributed by atoms with van der Waals surface area (Å²) in [6.07, 6.45) is -0.334. The average Bonchev–Trinajstić information content (AvgIpc) is 2.29. The molecule has 0 saturated carbocycles. The topological polar surface area (TPSA) is 38.7 Å². The summed E-state index contributed by atoms with van der Waals surface area (Å²) in [5, 5.41) is 9.29. The molecule has 3 heteroatoms. The SMILES string of the molecule is Cc1ccccc1C1OC(C)COC1CO. The van der Waals surface area contributed by atoms with Crippen LogP contribution in [0.2, 0.25) is 0 Å². The summed E-state index contributed by atoms with van der Waals surface area (Å²) in [6, 6.07) is 8.07. The van der Waals surface area contributed by atoms with E-state index in [0.717, 1.165) is 5.56 Å². The molecule has 0 aliphatic carbocycles. The maximum Gasteiger partial charge on any atom is 0.112 e. The maximum absolute atomic E-state index is 9.29. The van der Waals surface area contributed by atoms with Gasteiger partial charge in [-0.1, -0.05) is 24.3 Å². The van der Waals surface area contributed by atoms with E-state index < -0.39 is 0 Å². The molecule has 2 rings (SSSR count). The van der Waals surface area contributed by atoms with Gasteiger partial charge in [0.05, 0.1) is 19.3 Å². The first kappa shape index (κ1) is 11.6. The first-order valence-electron chi connectivity index (χ1n) is 5.66. The summed E-state index contributed by atoms with van der Waals surface area (Å²) in [5.41, 5.74) is 2.27. The predicted molar refractivity (Wildman–Crippen MR) is 61.3 cm³/mol. The third-order valence-corrected chi connectivity index (χ3v) is 2.94. The smallest absolute Gasteiger partial charge is 0.112 e. The zero-order valence-corrected chi connectivity index (χ0v) is 9.72. The number of benzene rings is 1. The van der Waals surface area contributed by atoms with E-state index in [1.807, 2.05) is 38.1 Å². The van der Waals surface area contributed by atoms with Crippen LogP contribution in [0.3, 0.4) is 0 Å². The Morgan fingerprint density at radius 1 is 1.38 bits per heavy atom. The Labute approximate surface area is 96.0 Å². The lowest BCUT2D eigenvalue weighted by atomic mass is 9.98. The molecule has 1 aromatic rings. The van der Waals surface area contributed by atoms with Gasteiger partial charge in [0, 0.05) is 0 Å². The molecule has 1 heterocycles. The van der Waals surface area contributed by atoms with Gasteiger partial charge >= 0.3 is 0 Å². The minimum Gasteiger partial charge on any atom is -0.394 e. The van der Waals surface area contributed by atoms with Gasteiger partial charge < -0.3 is 14.6 Å². The van der Waals surface area contributed by atoms with E-state index in [2.05, 4.69) is 0 Å². The maximum atomic E-state index is 9.29. The zero-order chi connectivity index (χ0) is 11.5. The van der Waals surface area contributed by atoms with E-state index in [1.54, 1.807) is 0 Å². The largest absolute Gasteiger partial charge is 0.394 e. The highest BCUT2D eigenvalue weighted by molar-refractivity contribution is 5.28. The lowest BCUT2D eigenvalue weighted by Crippen LogP contribution is -2.39. The molecule has 1 fully saturated rings. The van der Waals surface area contributed by atoms with Gasteiger partial charge in [0.15, 0.2) is 0 Å². The van der Waals surface area contributed by atoms with Crippen LogP contribution >= 0.6 is 0 Å². The standard InChI is InChI=1S/C13H18O3/c1-9-5-3-4-6-11(9)13-12(7-14)15-8-10(2)16-13/h3-6,10,12-14H,7-8H2,1-2H3. The molecule has 16 heavy (non-hydrogen) atoms. The third kappa shape index (κ3) is 2.26. The first-order chi connectivity index (χ1) is 7.72. The van der Waals surface area contributed by atoms with Crippen LogP contribution in [0.4, 0.5) is 0 Å². The molecule has 1 aromatic carbocycles. The Morgan fingerprint density at radius 3 is 2.81 bits per heavy atom. The second kappa shape index (κ2) is 4.95. The average molecular weight is 222 g/mol. The minimum absolute atomic E-state index is 0.00821. The van der Waals surface area contributed by atoms with Crippen LogP contribution in [-0.2, 0) is 9.47 Å². The molecule has 0 spiro atoms. The summed E-state index contributed by atoms with van der Waals surface area (Å²) >= 11 is 0. The number of hydrogen-bond acceptors (Lipinski definition) is 3. The second-order valence-corrected chi connectivity index (χ2v) is 4.28. The zero-order valence-electron chi connectivity index (χ0n) is 9.72. The van der Waals surface area contributed by atoms with Gasteiger partial charge in [-0.25, -0.2) is 0 Å². The van der Waals surface area contributed by atoms with Crippen molar-refractivity contribution in [1.29, 1.82) is 0 Å². The number of ether oxygens (including phenoxy) is 2. The molecule has 0 amide bonds. The van der Waals surface area contributed by atoms with Gasteiger partial charge in [-0.15, -0.1) is 0 Å². The summed E-state index contributed by atoms with van der Waals surface area (Å²) < 4.78 is 11.5. The van der Waals surface area contributed by atoms with Crippen molar-refractivity contribution >= 4 is 0 Å². The van der Waals surface area contributed by atoms with Crippen molar-refractivity contribution in [1.82, 2.24) is 0 Å². The third-order valence-electron chi connectivity index (χ3n) is 2.94. The predicted octanol–water partition coefficient (Wildman–Crippen LogP) is 1.83. The van der Waals surface area contributed by atoms with Crippen molar-refractivity contribution in [2.24, 2.45) is 0 Å². The molecule has 1 N–H and O–H groups in total. The van der Waals surface area contributed by atoms with Crippen molar-refractivity contribution in [3.63, 3.8) is 0 Å². The lowest BCUT2D eigenvalue weighted by molar-refractivity contribution is -0.187. The normalized spacial score (nSPS) is 30.3. The van der Waals surface area contributed by atoms with Crippen LogP contribution < -0.4 is 0 Å². The summed E-state index contributed by atoms with van der Waals surface area (Å²) in [5.74, 6) is 0. The molecule has 3 nitrogen and oxygen atoms in total. The summed E-state index contributed by atoms with van der Waals surface area (Å²) in [4.78, 5) is 0. The molecular formula is C13H18O3. The Morgan fingerprint density at radius 2 is 2.12 bits per heavy atom. The lowest BCUT2D eigenvalue weighted by Gasteiger charge is -2.35. The Balaban J connectivity index is 2.26. The highest BCUT2D eigenvalue weighted by Crippen LogP contribution is 2.30. The summed E-state index contributed by atoms with van der Waals surface area (Å²) in [7, 11) is 0. The van der Waals surface area contributed by atoms with Crippen LogP contribution in [0.5, 0.6) is 0 Å². The van der Waals surface area contributed by atoms with Crippen molar-refractivity contribution in [2.45, 2.75) is 32.2 Å². The van der Waals surface area contributed by atoms with Crippen LogP contribution in [0.25, 0.3) is 0 Å². The molecule has 3 atom stereocenters. The van der Waals surface area contributed by atoms with E-state index in [0.29, 0.717) is 6.61 Å². The monoisotopic (exact) mass is 222 g/mol. The number of aliphatic hydroxyl groups is 1. The van der Waals surface area contributed by atoms with Crippen molar-refractivity contribution in [2.75, 3.05) is 13.2 Å². The highest BCUT2D eigenvalue weighted by atomic mass is 16.6. The number of rotatable bonds is 2. The van der Waals surface area contributed by atoms with Gasteiger partial charge in [-0.2, -0.15) is 0 Å². The fraction of sp³-hybridized carbons (Fsp3) is 0.538. The van der Waals surface area contributed by atoms with Gasteiger partial charge in [-0.05, 0) is 25.0 Å². The van der Waals surface area contributed by atoms with Gasteiger partial charge in [0.2, 0.25) is 0 Å².